The molecule has 2 aromatic rings. The number of rotatable bonds is 6. The Morgan fingerprint density at radius 1 is 1.00 bits per heavy atom. The van der Waals surface area contributed by atoms with E-state index in [2.05, 4.69) is 6.92 Å². The van der Waals surface area contributed by atoms with Crippen LogP contribution in [-0.4, -0.2) is 6.61 Å². The molecule has 0 fully saturated rings. The summed E-state index contributed by atoms with van der Waals surface area (Å²) in [5.41, 5.74) is 6.92. The van der Waals surface area contributed by atoms with Gasteiger partial charge in [0, 0.05) is 11.3 Å². The molecule has 106 valence electrons. The highest BCUT2D eigenvalue weighted by Gasteiger charge is 2.03. The van der Waals surface area contributed by atoms with E-state index < -0.39 is 0 Å². The Morgan fingerprint density at radius 3 is 2.30 bits per heavy atom. The van der Waals surface area contributed by atoms with Crippen molar-refractivity contribution in [2.45, 2.75) is 20.0 Å². The van der Waals surface area contributed by atoms with Gasteiger partial charge in [0.25, 0.3) is 0 Å². The molecule has 0 amide bonds. The van der Waals surface area contributed by atoms with Gasteiger partial charge in [0.2, 0.25) is 0 Å². The van der Waals surface area contributed by atoms with Crippen molar-refractivity contribution in [1.29, 1.82) is 0 Å². The minimum atomic E-state index is -0.318. The van der Waals surface area contributed by atoms with Crippen molar-refractivity contribution in [1.82, 2.24) is 0 Å². The first-order valence-electron chi connectivity index (χ1n) is 6.58. The van der Waals surface area contributed by atoms with Crippen molar-refractivity contribution in [2.75, 3.05) is 12.3 Å². The molecule has 0 aliphatic carbocycles. The third-order valence-electron chi connectivity index (χ3n) is 2.80. The quantitative estimate of drug-likeness (QED) is 0.816. The van der Waals surface area contributed by atoms with Crippen LogP contribution in [0.5, 0.6) is 11.5 Å². The first-order chi connectivity index (χ1) is 9.69. The van der Waals surface area contributed by atoms with Gasteiger partial charge in [0.1, 0.15) is 23.9 Å². The highest BCUT2D eigenvalue weighted by atomic mass is 19.1. The second-order valence-corrected chi connectivity index (χ2v) is 4.45. The number of hydrogen-bond donors (Lipinski definition) is 1. The van der Waals surface area contributed by atoms with Crippen molar-refractivity contribution < 1.29 is 13.9 Å². The Bertz CT molecular complexity index is 555. The number of nitrogens with two attached hydrogens (primary N) is 1. The summed E-state index contributed by atoms with van der Waals surface area (Å²) in [5, 5.41) is 0. The first-order valence-corrected chi connectivity index (χ1v) is 6.58. The molecule has 4 heteroatoms. The van der Waals surface area contributed by atoms with Crippen LogP contribution in [0, 0.1) is 5.82 Å². The fourth-order valence-corrected chi connectivity index (χ4v) is 1.71. The summed E-state index contributed by atoms with van der Waals surface area (Å²) in [5.74, 6) is 1.18. The average molecular weight is 275 g/mol. The van der Waals surface area contributed by atoms with E-state index in [1.54, 1.807) is 0 Å². The van der Waals surface area contributed by atoms with Gasteiger partial charge in [-0.1, -0.05) is 6.92 Å². The second kappa shape index (κ2) is 6.80. The molecule has 2 N–H and O–H groups in total. The van der Waals surface area contributed by atoms with E-state index >= 15 is 0 Å². The van der Waals surface area contributed by atoms with E-state index in [4.69, 9.17) is 15.2 Å². The maximum absolute atomic E-state index is 13.1. The summed E-state index contributed by atoms with van der Waals surface area (Å²) in [6.45, 7) is 2.99. The smallest absolute Gasteiger partial charge is 0.123 e. The van der Waals surface area contributed by atoms with Crippen molar-refractivity contribution >= 4 is 5.69 Å². The zero-order chi connectivity index (χ0) is 14.4. The van der Waals surface area contributed by atoms with Crippen LogP contribution in [0.1, 0.15) is 18.9 Å². The molecule has 0 aliphatic heterocycles. The number of benzene rings is 2. The molecule has 0 aliphatic rings. The van der Waals surface area contributed by atoms with E-state index in [0.717, 1.165) is 12.2 Å². The predicted molar refractivity (Wildman–Crippen MR) is 77.4 cm³/mol. The minimum Gasteiger partial charge on any atom is -0.494 e. The lowest BCUT2D eigenvalue weighted by Gasteiger charge is -2.10. The second-order valence-electron chi connectivity index (χ2n) is 4.45. The Hall–Kier alpha value is -2.23. The molecule has 0 spiro atoms. The van der Waals surface area contributed by atoms with Gasteiger partial charge in [0.15, 0.2) is 0 Å². The molecule has 20 heavy (non-hydrogen) atoms. The molecule has 0 saturated heterocycles. The molecular formula is C16H18FNO2. The topological polar surface area (TPSA) is 44.5 Å². The van der Waals surface area contributed by atoms with Crippen molar-refractivity contribution in [3.05, 3.63) is 53.8 Å². The number of anilines is 1. The van der Waals surface area contributed by atoms with Crippen molar-refractivity contribution in [3.8, 4) is 11.5 Å². The molecule has 0 radical (unpaired) electrons. The van der Waals surface area contributed by atoms with Gasteiger partial charge in [-0.2, -0.15) is 0 Å². The highest BCUT2D eigenvalue weighted by Crippen LogP contribution is 2.20. The van der Waals surface area contributed by atoms with Crippen LogP contribution >= 0.6 is 0 Å². The number of nitrogen functional groups attached to an aromatic ring is 1. The van der Waals surface area contributed by atoms with Gasteiger partial charge in [-0.3, -0.25) is 0 Å². The van der Waals surface area contributed by atoms with E-state index in [1.807, 2.05) is 24.3 Å². The lowest BCUT2D eigenvalue weighted by Crippen LogP contribution is -2.01. The van der Waals surface area contributed by atoms with Crippen molar-refractivity contribution in [2.24, 2.45) is 0 Å². The van der Waals surface area contributed by atoms with E-state index in [0.29, 0.717) is 23.6 Å². The zero-order valence-corrected chi connectivity index (χ0v) is 11.4. The van der Waals surface area contributed by atoms with Crippen LogP contribution in [0.15, 0.2) is 42.5 Å². The third kappa shape index (κ3) is 3.88. The monoisotopic (exact) mass is 275 g/mol. The molecule has 0 saturated carbocycles. The Kier molecular flexibility index (Phi) is 4.82. The zero-order valence-electron chi connectivity index (χ0n) is 11.4. The lowest BCUT2D eigenvalue weighted by molar-refractivity contribution is 0.301. The van der Waals surface area contributed by atoms with Crippen LogP contribution < -0.4 is 15.2 Å². The molecule has 0 unspecified atom stereocenters. The molecule has 0 atom stereocenters. The SMILES string of the molecule is CCCOc1ccc(OCc2cc(F)ccc2N)cc1. The summed E-state index contributed by atoms with van der Waals surface area (Å²) >= 11 is 0. The van der Waals surface area contributed by atoms with Gasteiger partial charge < -0.3 is 15.2 Å². The molecule has 0 bridgehead atoms. The highest BCUT2D eigenvalue weighted by molar-refractivity contribution is 5.46. The average Bonchev–Trinajstić information content (AvgIpc) is 2.47. The van der Waals surface area contributed by atoms with Crippen LogP contribution in [0.2, 0.25) is 0 Å². The normalized spacial score (nSPS) is 10.3. The number of ether oxygens (including phenoxy) is 2. The fraction of sp³-hybridized carbons (Fsp3) is 0.250. The Balaban J connectivity index is 1.95. The van der Waals surface area contributed by atoms with E-state index in [9.17, 15) is 4.39 Å². The maximum atomic E-state index is 13.1. The van der Waals surface area contributed by atoms with Gasteiger partial charge in [0.05, 0.1) is 6.61 Å². The Labute approximate surface area is 118 Å². The van der Waals surface area contributed by atoms with Crippen molar-refractivity contribution in [3.63, 3.8) is 0 Å². The molecule has 2 aromatic carbocycles. The van der Waals surface area contributed by atoms with E-state index in [1.165, 1.54) is 18.2 Å². The maximum Gasteiger partial charge on any atom is 0.123 e. The van der Waals surface area contributed by atoms with Crippen LogP contribution in [0.4, 0.5) is 10.1 Å². The standard InChI is InChI=1S/C16H18FNO2/c1-2-9-19-14-4-6-15(7-5-14)20-11-12-10-13(17)3-8-16(12)18/h3-8,10H,2,9,11,18H2,1H3. The summed E-state index contributed by atoms with van der Waals surface area (Å²) < 4.78 is 24.2. The molecule has 0 heterocycles. The number of hydrogen-bond acceptors (Lipinski definition) is 3. The van der Waals surface area contributed by atoms with Crippen LogP contribution in [0.3, 0.4) is 0 Å². The molecule has 0 aromatic heterocycles. The summed E-state index contributed by atoms with van der Waals surface area (Å²) in [6.07, 6.45) is 0.969. The summed E-state index contributed by atoms with van der Waals surface area (Å²) in [6, 6.07) is 11.6. The molecule has 2 rings (SSSR count). The van der Waals surface area contributed by atoms with Gasteiger partial charge in [-0.15, -0.1) is 0 Å². The van der Waals surface area contributed by atoms with Crippen LogP contribution in [0.25, 0.3) is 0 Å². The predicted octanol–water partition coefficient (Wildman–Crippen LogP) is 3.78. The minimum absolute atomic E-state index is 0.235. The summed E-state index contributed by atoms with van der Waals surface area (Å²) in [7, 11) is 0. The van der Waals surface area contributed by atoms with E-state index in [-0.39, 0.29) is 12.4 Å². The fourth-order valence-electron chi connectivity index (χ4n) is 1.71. The molecule has 3 nitrogen and oxygen atoms in total. The van der Waals surface area contributed by atoms with Gasteiger partial charge >= 0.3 is 0 Å². The third-order valence-corrected chi connectivity index (χ3v) is 2.80. The molecular weight excluding hydrogens is 257 g/mol. The Morgan fingerprint density at radius 2 is 1.65 bits per heavy atom. The van der Waals surface area contributed by atoms with Gasteiger partial charge in [-0.05, 0) is 48.9 Å². The lowest BCUT2D eigenvalue weighted by atomic mass is 10.2. The summed E-state index contributed by atoms with van der Waals surface area (Å²) in [4.78, 5) is 0. The van der Waals surface area contributed by atoms with Crippen LogP contribution in [-0.2, 0) is 6.61 Å². The first kappa shape index (κ1) is 14.2. The van der Waals surface area contributed by atoms with Gasteiger partial charge in [-0.25, -0.2) is 4.39 Å². The largest absolute Gasteiger partial charge is 0.494 e. The number of halogens is 1.